The van der Waals surface area contributed by atoms with Crippen molar-refractivity contribution in [1.82, 2.24) is 5.32 Å². The molecule has 1 fully saturated rings. The van der Waals surface area contributed by atoms with E-state index in [1.165, 1.54) is 19.3 Å². The highest BCUT2D eigenvalue weighted by Crippen LogP contribution is 2.41. The molecule has 0 amide bonds. The molecule has 0 spiro atoms. The van der Waals surface area contributed by atoms with Crippen molar-refractivity contribution >= 4 is 0 Å². The second-order valence-corrected chi connectivity index (χ2v) is 3.83. The quantitative estimate of drug-likeness (QED) is 0.643. The molecule has 1 rings (SSSR count). The van der Waals surface area contributed by atoms with Crippen molar-refractivity contribution in [3.8, 4) is 0 Å². The van der Waals surface area contributed by atoms with Crippen LogP contribution in [0.15, 0.2) is 0 Å². The Morgan fingerprint density at radius 3 is 2.45 bits per heavy atom. The van der Waals surface area contributed by atoms with Gasteiger partial charge in [-0.2, -0.15) is 0 Å². The Kier molecular flexibility index (Phi) is 3.38. The molecule has 1 aliphatic rings. The van der Waals surface area contributed by atoms with E-state index in [4.69, 9.17) is 0 Å². The van der Waals surface area contributed by atoms with Gasteiger partial charge in [0.25, 0.3) is 0 Å². The zero-order valence-electron chi connectivity index (χ0n) is 8.06. The first-order chi connectivity index (χ1) is 5.29. The summed E-state index contributed by atoms with van der Waals surface area (Å²) in [6.45, 7) is 7.98. The molecule has 1 nitrogen and oxygen atoms in total. The highest BCUT2D eigenvalue weighted by molar-refractivity contribution is 4.91. The zero-order valence-corrected chi connectivity index (χ0v) is 8.06. The van der Waals surface area contributed by atoms with Gasteiger partial charge in [-0.1, -0.05) is 27.2 Å². The minimum atomic E-state index is 0.819. The van der Waals surface area contributed by atoms with E-state index in [1.807, 2.05) is 0 Å². The third kappa shape index (κ3) is 2.48. The molecule has 0 aromatic rings. The summed E-state index contributed by atoms with van der Waals surface area (Å²) in [5.41, 5.74) is 0. The Labute approximate surface area is 70.6 Å². The van der Waals surface area contributed by atoms with Gasteiger partial charge in [-0.3, -0.25) is 0 Å². The summed E-state index contributed by atoms with van der Waals surface area (Å²) in [6, 6.07) is 0.819. The summed E-state index contributed by atoms with van der Waals surface area (Å²) >= 11 is 0. The topological polar surface area (TPSA) is 12.0 Å². The van der Waals surface area contributed by atoms with Crippen LogP contribution >= 0.6 is 0 Å². The predicted molar refractivity (Wildman–Crippen MR) is 49.6 cm³/mol. The minimum absolute atomic E-state index is 0.819. The van der Waals surface area contributed by atoms with E-state index >= 15 is 0 Å². The van der Waals surface area contributed by atoms with E-state index in [1.54, 1.807) is 0 Å². The molecule has 0 radical (unpaired) electrons. The van der Waals surface area contributed by atoms with E-state index in [9.17, 15) is 0 Å². The summed E-state index contributed by atoms with van der Waals surface area (Å²) in [5.74, 6) is 1.99. The van der Waals surface area contributed by atoms with Gasteiger partial charge in [0.15, 0.2) is 0 Å². The molecule has 11 heavy (non-hydrogen) atoms. The van der Waals surface area contributed by atoms with Crippen LogP contribution in [-0.2, 0) is 0 Å². The fourth-order valence-electron chi connectivity index (χ4n) is 1.95. The molecule has 0 aromatic heterocycles. The van der Waals surface area contributed by atoms with Gasteiger partial charge >= 0.3 is 0 Å². The van der Waals surface area contributed by atoms with Crippen molar-refractivity contribution in [1.29, 1.82) is 0 Å². The van der Waals surface area contributed by atoms with Gasteiger partial charge in [-0.05, 0) is 31.2 Å². The van der Waals surface area contributed by atoms with Gasteiger partial charge in [-0.15, -0.1) is 0 Å². The van der Waals surface area contributed by atoms with Crippen molar-refractivity contribution < 1.29 is 0 Å². The van der Waals surface area contributed by atoms with Crippen molar-refractivity contribution in [3.05, 3.63) is 0 Å². The van der Waals surface area contributed by atoms with E-state index in [0.29, 0.717) is 0 Å². The molecule has 66 valence electrons. The number of hydrogen-bond donors (Lipinski definition) is 1. The van der Waals surface area contributed by atoms with Gasteiger partial charge < -0.3 is 5.32 Å². The first kappa shape index (κ1) is 9.05. The molecular formula is C10H21N. The smallest absolute Gasteiger partial charge is 0.00977 e. The molecule has 1 N–H and O–H groups in total. The van der Waals surface area contributed by atoms with Crippen molar-refractivity contribution in [2.75, 3.05) is 6.54 Å². The number of nitrogens with one attached hydrogen (secondary N) is 1. The Balaban J connectivity index is 2.22. The summed E-state index contributed by atoms with van der Waals surface area (Å²) in [5, 5.41) is 3.58. The van der Waals surface area contributed by atoms with Crippen molar-refractivity contribution in [2.24, 2.45) is 11.8 Å². The largest absolute Gasteiger partial charge is 0.314 e. The van der Waals surface area contributed by atoms with Crippen LogP contribution in [0.3, 0.4) is 0 Å². The molecule has 1 heteroatoms. The van der Waals surface area contributed by atoms with Crippen molar-refractivity contribution in [2.45, 2.75) is 46.1 Å². The first-order valence-electron chi connectivity index (χ1n) is 5.03. The average molecular weight is 155 g/mol. The highest BCUT2D eigenvalue weighted by atomic mass is 14.9. The molecule has 3 unspecified atom stereocenters. The lowest BCUT2D eigenvalue weighted by Crippen LogP contribution is -2.31. The Bertz CT molecular complexity index is 105. The summed E-state index contributed by atoms with van der Waals surface area (Å²) in [7, 11) is 0. The Morgan fingerprint density at radius 2 is 2.09 bits per heavy atom. The Morgan fingerprint density at radius 1 is 1.45 bits per heavy atom. The molecule has 1 aliphatic carbocycles. The second-order valence-electron chi connectivity index (χ2n) is 3.83. The fourth-order valence-corrected chi connectivity index (χ4v) is 1.95. The van der Waals surface area contributed by atoms with Crippen LogP contribution in [-0.4, -0.2) is 12.6 Å². The molecule has 0 aromatic carbocycles. The van der Waals surface area contributed by atoms with Crippen LogP contribution in [0, 0.1) is 11.8 Å². The lowest BCUT2D eigenvalue weighted by Gasteiger charge is -2.16. The summed E-state index contributed by atoms with van der Waals surface area (Å²) in [6.07, 6.45) is 4.14. The maximum absolute atomic E-state index is 3.58. The first-order valence-corrected chi connectivity index (χ1v) is 5.03. The zero-order chi connectivity index (χ0) is 8.27. The molecule has 3 atom stereocenters. The molecule has 0 aliphatic heterocycles. The third-order valence-electron chi connectivity index (χ3n) is 2.75. The number of hydrogen-bond acceptors (Lipinski definition) is 1. The van der Waals surface area contributed by atoms with Crippen LogP contribution in [0.1, 0.15) is 40.0 Å². The van der Waals surface area contributed by atoms with E-state index in [2.05, 4.69) is 26.1 Å². The van der Waals surface area contributed by atoms with Crippen LogP contribution < -0.4 is 5.32 Å². The minimum Gasteiger partial charge on any atom is -0.314 e. The molecule has 0 heterocycles. The molecular weight excluding hydrogens is 134 g/mol. The van der Waals surface area contributed by atoms with Gasteiger partial charge in [-0.25, -0.2) is 0 Å². The highest BCUT2D eigenvalue weighted by Gasteiger charge is 2.38. The predicted octanol–water partition coefficient (Wildman–Crippen LogP) is 2.42. The lowest BCUT2D eigenvalue weighted by molar-refractivity contribution is 0.426. The van der Waals surface area contributed by atoms with Gasteiger partial charge in [0.2, 0.25) is 0 Å². The third-order valence-corrected chi connectivity index (χ3v) is 2.75. The lowest BCUT2D eigenvalue weighted by atomic mass is 10.1. The molecule has 1 saturated carbocycles. The van der Waals surface area contributed by atoms with Gasteiger partial charge in [0, 0.05) is 6.04 Å². The monoisotopic (exact) mass is 155 g/mol. The summed E-state index contributed by atoms with van der Waals surface area (Å²) < 4.78 is 0. The summed E-state index contributed by atoms with van der Waals surface area (Å²) in [4.78, 5) is 0. The fraction of sp³-hybridized carbons (Fsp3) is 1.00. The molecule has 0 saturated heterocycles. The number of rotatable bonds is 5. The van der Waals surface area contributed by atoms with Crippen LogP contribution in [0.25, 0.3) is 0 Å². The van der Waals surface area contributed by atoms with Gasteiger partial charge in [0.1, 0.15) is 0 Å². The standard InChI is InChI=1S/C10H21N/c1-4-6-10(11-5-2)9-7-8(9)3/h8-11H,4-7H2,1-3H3. The maximum Gasteiger partial charge on any atom is 0.00977 e. The van der Waals surface area contributed by atoms with Crippen molar-refractivity contribution in [3.63, 3.8) is 0 Å². The van der Waals surface area contributed by atoms with E-state index < -0.39 is 0 Å². The van der Waals surface area contributed by atoms with Crippen LogP contribution in [0.5, 0.6) is 0 Å². The van der Waals surface area contributed by atoms with Gasteiger partial charge in [0.05, 0.1) is 0 Å². The second kappa shape index (κ2) is 4.10. The normalized spacial score (nSPS) is 31.9. The average Bonchev–Trinajstić information content (AvgIpc) is 2.67. The van der Waals surface area contributed by atoms with E-state index in [-0.39, 0.29) is 0 Å². The maximum atomic E-state index is 3.58. The van der Waals surface area contributed by atoms with E-state index in [0.717, 1.165) is 24.4 Å². The molecule has 0 bridgehead atoms. The van der Waals surface area contributed by atoms with Crippen LogP contribution in [0.4, 0.5) is 0 Å². The Hall–Kier alpha value is -0.0400. The SMILES string of the molecule is CCCC(NCC)C1CC1C. The van der Waals surface area contributed by atoms with Crippen LogP contribution in [0.2, 0.25) is 0 Å².